The summed E-state index contributed by atoms with van der Waals surface area (Å²) in [5, 5.41) is 14.8. The van der Waals surface area contributed by atoms with Crippen molar-refractivity contribution in [3.8, 4) is 22.6 Å². The van der Waals surface area contributed by atoms with Gasteiger partial charge in [0.25, 0.3) is 20.2 Å². The van der Waals surface area contributed by atoms with E-state index in [0.717, 1.165) is 27.6 Å². The van der Waals surface area contributed by atoms with Crippen LogP contribution in [0.3, 0.4) is 0 Å². The van der Waals surface area contributed by atoms with E-state index < -0.39 is 31.9 Å². The summed E-state index contributed by atoms with van der Waals surface area (Å²) in [6, 6.07) is 33.2. The van der Waals surface area contributed by atoms with Gasteiger partial charge in [0.15, 0.2) is 11.6 Å². The van der Waals surface area contributed by atoms with Crippen LogP contribution in [0.5, 0.6) is 5.75 Å². The number of furan rings is 1. The number of amides is 1. The van der Waals surface area contributed by atoms with Crippen LogP contribution in [0.25, 0.3) is 44.6 Å². The van der Waals surface area contributed by atoms with E-state index in [9.17, 15) is 30.7 Å². The highest BCUT2D eigenvalue weighted by Gasteiger charge is 2.30. The Hall–Kier alpha value is -6.44. The molecule has 0 bridgehead atoms. The molecule has 302 valence electrons. The van der Waals surface area contributed by atoms with Crippen LogP contribution < -0.4 is 15.0 Å². The van der Waals surface area contributed by atoms with Crippen LogP contribution in [-0.4, -0.2) is 57.9 Å². The van der Waals surface area contributed by atoms with Gasteiger partial charge in [0, 0.05) is 29.6 Å². The fourth-order valence-electron chi connectivity index (χ4n) is 6.57. The zero-order valence-electron chi connectivity index (χ0n) is 31.4. The van der Waals surface area contributed by atoms with Gasteiger partial charge in [0.05, 0.1) is 11.4 Å². The summed E-state index contributed by atoms with van der Waals surface area (Å²) in [4.78, 5) is 12.3. The summed E-state index contributed by atoms with van der Waals surface area (Å²) in [5.74, 6) is -0.724. The quantitative estimate of drug-likeness (QED) is 0.0755. The average molecular weight is 853 g/mol. The normalized spacial score (nSPS) is 13.6. The number of carbonyl (C=O) groups excluding carboxylic acids is 1. The lowest BCUT2D eigenvalue weighted by atomic mass is 10.0. The number of H-pyrrole nitrogens is 1. The SMILES string of the molecule is CC(=O)Nc1cccc(-n2[nH]nnc2=S)c1.CCC(=C/c1oc2ccc3ccccc3c2c1CS(=O)(=O)O)/C=C1/Oc2ccc(-c3ccccc3)cc2N1CS(=O)(=O)O. The summed E-state index contributed by atoms with van der Waals surface area (Å²) in [6.45, 7) is 3.32. The van der Waals surface area contributed by atoms with E-state index in [-0.39, 0.29) is 17.6 Å². The molecule has 5 aromatic carbocycles. The first kappa shape index (κ1) is 40.7. The number of rotatable bonds is 10. The van der Waals surface area contributed by atoms with Crippen LogP contribution in [0.4, 0.5) is 11.4 Å². The highest BCUT2D eigenvalue weighted by atomic mass is 32.2. The maximum absolute atomic E-state index is 12.1. The van der Waals surface area contributed by atoms with E-state index in [1.54, 1.807) is 47.2 Å². The second-order valence-electron chi connectivity index (χ2n) is 13.3. The Morgan fingerprint density at radius 2 is 1.66 bits per heavy atom. The Kier molecular flexibility index (Phi) is 11.6. The smallest absolute Gasteiger partial charge is 0.283 e. The molecule has 0 saturated carbocycles. The molecule has 7 aromatic rings. The predicted molar refractivity (Wildman–Crippen MR) is 228 cm³/mol. The van der Waals surface area contributed by atoms with Gasteiger partial charge in [0.1, 0.15) is 17.1 Å². The van der Waals surface area contributed by atoms with Gasteiger partial charge in [-0.25, -0.2) is 4.68 Å². The minimum absolute atomic E-state index is 0.122. The zero-order valence-corrected chi connectivity index (χ0v) is 33.9. The number of allylic oxidation sites excluding steroid dienone is 2. The summed E-state index contributed by atoms with van der Waals surface area (Å²) >= 11 is 4.97. The largest absolute Gasteiger partial charge is 0.456 e. The number of hydrogen-bond acceptors (Lipinski definition) is 11. The topological polar surface area (TPSA) is 210 Å². The number of benzene rings is 5. The average Bonchev–Trinajstić information content (AvgIpc) is 3.88. The summed E-state index contributed by atoms with van der Waals surface area (Å²) in [5.41, 5.74) is 5.05. The minimum Gasteiger partial charge on any atom is -0.456 e. The zero-order chi connectivity index (χ0) is 41.9. The Bertz CT molecular complexity index is 3070. The lowest BCUT2D eigenvalue weighted by Crippen LogP contribution is -2.27. The van der Waals surface area contributed by atoms with Crippen molar-refractivity contribution in [1.82, 2.24) is 20.2 Å². The third kappa shape index (κ3) is 9.65. The number of hydrogen-bond donors (Lipinski definition) is 4. The van der Waals surface area contributed by atoms with Crippen molar-refractivity contribution in [2.24, 2.45) is 0 Å². The summed E-state index contributed by atoms with van der Waals surface area (Å²) < 4.78 is 81.9. The molecule has 2 aromatic heterocycles. The minimum atomic E-state index is -4.45. The molecule has 3 heterocycles. The monoisotopic (exact) mass is 852 g/mol. The third-order valence-electron chi connectivity index (χ3n) is 9.10. The van der Waals surface area contributed by atoms with Crippen molar-refractivity contribution < 1.29 is 39.9 Å². The first-order chi connectivity index (χ1) is 28.2. The van der Waals surface area contributed by atoms with Crippen LogP contribution in [0.1, 0.15) is 31.6 Å². The summed E-state index contributed by atoms with van der Waals surface area (Å²) in [7, 11) is -8.87. The standard InChI is InChI=1S/C32H27NO8S2.C9H9N5OS/c1-2-21(16-30-26(19-42(34,35)36)32-25-11-7-6-10-23(25)12-15-29(32)40-30)17-31-33(20-43(37,38)39)27-18-24(13-14-28(27)41-31)22-8-4-3-5-9-22;1-6(15)10-7-3-2-4-8(5-7)14-9(16)11-12-13-14/h3-18H,2,19-20H2,1H3,(H,34,35,36)(H,37,38,39);2-5H,1H3,(H,10,15)(H,11,13,16)/b21-16-,31-17+;. The number of aromatic amines is 1. The number of nitrogens with zero attached hydrogens (tertiary/aromatic N) is 4. The molecular weight excluding hydrogens is 817 g/mol. The van der Waals surface area contributed by atoms with Crippen molar-refractivity contribution in [3.63, 3.8) is 0 Å². The highest BCUT2D eigenvalue weighted by molar-refractivity contribution is 7.85. The van der Waals surface area contributed by atoms with Gasteiger partial charge in [-0.15, -0.1) is 0 Å². The Morgan fingerprint density at radius 1 is 0.898 bits per heavy atom. The molecule has 0 aliphatic carbocycles. The molecule has 8 rings (SSSR count). The van der Waals surface area contributed by atoms with Gasteiger partial charge < -0.3 is 14.5 Å². The molecule has 0 unspecified atom stereocenters. The molecule has 1 aliphatic rings. The second-order valence-corrected chi connectivity index (χ2v) is 16.6. The van der Waals surface area contributed by atoms with Crippen LogP contribution >= 0.6 is 12.2 Å². The molecular formula is C41H36N6O9S3. The first-order valence-corrected chi connectivity index (χ1v) is 21.6. The molecule has 0 radical (unpaired) electrons. The summed E-state index contributed by atoms with van der Waals surface area (Å²) in [6.07, 6.45) is 3.70. The molecule has 0 spiro atoms. The first-order valence-electron chi connectivity index (χ1n) is 17.9. The molecule has 15 nitrogen and oxygen atoms in total. The van der Waals surface area contributed by atoms with Crippen LogP contribution in [0, 0.1) is 4.77 Å². The van der Waals surface area contributed by atoms with E-state index in [1.165, 1.54) is 11.8 Å². The van der Waals surface area contributed by atoms with Gasteiger partial charge in [-0.05, 0) is 88.6 Å². The molecule has 4 N–H and O–H groups in total. The Morgan fingerprint density at radius 3 is 2.36 bits per heavy atom. The van der Waals surface area contributed by atoms with Gasteiger partial charge in [-0.2, -0.15) is 22.0 Å². The number of ether oxygens (including phenoxy) is 1. The van der Waals surface area contributed by atoms with Crippen molar-refractivity contribution in [2.45, 2.75) is 26.0 Å². The predicted octanol–water partition coefficient (Wildman–Crippen LogP) is 8.30. The van der Waals surface area contributed by atoms with Crippen molar-refractivity contribution >= 4 is 77.6 Å². The molecule has 1 amide bonds. The van der Waals surface area contributed by atoms with Crippen LogP contribution in [-0.2, 0) is 30.8 Å². The van der Waals surface area contributed by atoms with Gasteiger partial charge in [-0.1, -0.05) is 90.0 Å². The van der Waals surface area contributed by atoms with E-state index in [4.69, 9.17) is 21.4 Å². The van der Waals surface area contributed by atoms with Crippen molar-refractivity contribution in [3.05, 3.63) is 143 Å². The maximum atomic E-state index is 12.1. The van der Waals surface area contributed by atoms with E-state index in [0.29, 0.717) is 50.4 Å². The molecule has 59 heavy (non-hydrogen) atoms. The third-order valence-corrected chi connectivity index (χ3v) is 10.6. The van der Waals surface area contributed by atoms with Crippen molar-refractivity contribution in [2.75, 3.05) is 16.1 Å². The van der Waals surface area contributed by atoms with Gasteiger partial charge >= 0.3 is 0 Å². The lowest BCUT2D eigenvalue weighted by molar-refractivity contribution is -0.114. The fourth-order valence-corrected chi connectivity index (χ4v) is 8.00. The van der Waals surface area contributed by atoms with Crippen LogP contribution in [0.2, 0.25) is 0 Å². The number of tetrazole rings is 1. The Labute approximate surface area is 343 Å². The molecule has 0 atom stereocenters. The second kappa shape index (κ2) is 16.8. The van der Waals surface area contributed by atoms with Crippen LogP contribution in [0.15, 0.2) is 131 Å². The number of carbonyl (C=O) groups is 1. The maximum Gasteiger partial charge on any atom is 0.283 e. The van der Waals surface area contributed by atoms with Gasteiger partial charge in [0.2, 0.25) is 16.6 Å². The number of fused-ring (bicyclic) bond motifs is 4. The van der Waals surface area contributed by atoms with E-state index in [1.807, 2.05) is 85.8 Å². The number of anilines is 2. The number of aromatic nitrogens is 4. The van der Waals surface area contributed by atoms with E-state index in [2.05, 4.69) is 20.8 Å². The molecule has 0 fully saturated rings. The Balaban J connectivity index is 0.000000276. The highest BCUT2D eigenvalue weighted by Crippen LogP contribution is 2.43. The molecule has 1 aliphatic heterocycles. The van der Waals surface area contributed by atoms with Gasteiger partial charge in [-0.3, -0.25) is 18.8 Å². The van der Waals surface area contributed by atoms with E-state index >= 15 is 0 Å². The van der Waals surface area contributed by atoms with Crippen molar-refractivity contribution in [1.29, 1.82) is 0 Å². The molecule has 18 heteroatoms. The number of nitrogens with one attached hydrogen (secondary N) is 2. The molecule has 0 saturated heterocycles. The lowest BCUT2D eigenvalue weighted by Gasteiger charge is -2.17. The fraction of sp³-hybridized carbons (Fsp3) is 0.122.